The van der Waals surface area contributed by atoms with Crippen molar-refractivity contribution < 1.29 is 4.79 Å². The zero-order valence-corrected chi connectivity index (χ0v) is 13.2. The van der Waals surface area contributed by atoms with Gasteiger partial charge in [-0.1, -0.05) is 25.5 Å². The van der Waals surface area contributed by atoms with Gasteiger partial charge in [0.15, 0.2) is 0 Å². The van der Waals surface area contributed by atoms with Crippen LogP contribution in [0.4, 0.5) is 0 Å². The lowest BCUT2D eigenvalue weighted by atomic mass is 9.72. The second-order valence-corrected chi connectivity index (χ2v) is 6.69. The molecule has 3 heteroatoms. The van der Waals surface area contributed by atoms with E-state index in [2.05, 4.69) is 32.2 Å². The molecule has 2 rings (SSSR count). The Morgan fingerprint density at radius 1 is 1.25 bits per heavy atom. The van der Waals surface area contributed by atoms with Crippen LogP contribution in [0.2, 0.25) is 0 Å². The molecular formula is C17H28N2O. The third-order valence-corrected chi connectivity index (χ3v) is 4.59. The molecule has 0 aromatic carbocycles. The summed E-state index contributed by atoms with van der Waals surface area (Å²) in [5.41, 5.74) is 3.02. The summed E-state index contributed by atoms with van der Waals surface area (Å²) in [5.74, 6) is 0.162. The summed E-state index contributed by atoms with van der Waals surface area (Å²) >= 11 is 0. The lowest BCUT2D eigenvalue weighted by molar-refractivity contribution is -0.125. The molecule has 1 aliphatic heterocycles. The van der Waals surface area contributed by atoms with Crippen LogP contribution in [-0.4, -0.2) is 37.0 Å². The van der Waals surface area contributed by atoms with Crippen molar-refractivity contribution in [2.24, 2.45) is 5.41 Å². The van der Waals surface area contributed by atoms with Gasteiger partial charge < -0.3 is 10.2 Å². The number of nitrogens with zero attached hydrogens (tertiary/aromatic N) is 1. The highest BCUT2D eigenvalue weighted by molar-refractivity contribution is 5.88. The Hall–Kier alpha value is -1.09. The van der Waals surface area contributed by atoms with E-state index in [4.69, 9.17) is 0 Å². The molecule has 1 aliphatic carbocycles. The van der Waals surface area contributed by atoms with Crippen molar-refractivity contribution in [2.75, 3.05) is 26.2 Å². The number of hydrogen-bond acceptors (Lipinski definition) is 2. The number of hydrogen-bond donors (Lipinski definition) is 1. The SMILES string of the molecule is CC1=C(C=CC(=O)N2CCCNCC2)C(C)(C)CCC1. The number of carbonyl (C=O) groups is 1. The molecule has 1 fully saturated rings. The van der Waals surface area contributed by atoms with Gasteiger partial charge in [0.05, 0.1) is 0 Å². The molecule has 0 atom stereocenters. The largest absolute Gasteiger partial charge is 0.338 e. The minimum atomic E-state index is 0.162. The molecule has 0 saturated carbocycles. The average molecular weight is 276 g/mol. The standard InChI is InChI=1S/C17H28N2O/c1-14-6-4-9-17(2,3)15(14)7-8-16(20)19-12-5-10-18-11-13-19/h7-8,18H,4-6,9-13H2,1-3H3. The van der Waals surface area contributed by atoms with E-state index >= 15 is 0 Å². The summed E-state index contributed by atoms with van der Waals surface area (Å²) < 4.78 is 0. The molecule has 0 unspecified atom stereocenters. The predicted octanol–water partition coefficient (Wildman–Crippen LogP) is 2.89. The molecule has 1 heterocycles. The third kappa shape index (κ3) is 3.72. The smallest absolute Gasteiger partial charge is 0.246 e. The van der Waals surface area contributed by atoms with E-state index in [0.717, 1.165) is 32.6 Å². The second kappa shape index (κ2) is 6.57. The van der Waals surface area contributed by atoms with Crippen LogP contribution in [-0.2, 0) is 4.79 Å². The van der Waals surface area contributed by atoms with E-state index in [-0.39, 0.29) is 11.3 Å². The van der Waals surface area contributed by atoms with Gasteiger partial charge in [-0.25, -0.2) is 0 Å². The van der Waals surface area contributed by atoms with Crippen molar-refractivity contribution in [3.8, 4) is 0 Å². The van der Waals surface area contributed by atoms with Crippen molar-refractivity contribution in [1.29, 1.82) is 0 Å². The zero-order chi connectivity index (χ0) is 14.6. The van der Waals surface area contributed by atoms with E-state index in [1.807, 2.05) is 4.90 Å². The quantitative estimate of drug-likeness (QED) is 0.787. The Kier molecular flexibility index (Phi) is 5.03. The summed E-state index contributed by atoms with van der Waals surface area (Å²) in [6, 6.07) is 0. The Balaban J connectivity index is 2.05. The minimum absolute atomic E-state index is 0.162. The molecule has 0 spiro atoms. The van der Waals surface area contributed by atoms with Crippen LogP contribution in [0.25, 0.3) is 0 Å². The lowest BCUT2D eigenvalue weighted by Gasteiger charge is -2.33. The van der Waals surface area contributed by atoms with Crippen LogP contribution in [0.5, 0.6) is 0 Å². The molecule has 1 saturated heterocycles. The fourth-order valence-corrected chi connectivity index (χ4v) is 3.34. The van der Waals surface area contributed by atoms with Gasteiger partial charge in [0, 0.05) is 25.7 Å². The van der Waals surface area contributed by atoms with Crippen molar-refractivity contribution in [3.63, 3.8) is 0 Å². The maximum absolute atomic E-state index is 12.3. The van der Waals surface area contributed by atoms with Crippen molar-refractivity contribution in [3.05, 3.63) is 23.3 Å². The van der Waals surface area contributed by atoms with Crippen LogP contribution < -0.4 is 5.32 Å². The fourth-order valence-electron chi connectivity index (χ4n) is 3.34. The first-order valence-corrected chi connectivity index (χ1v) is 7.89. The Morgan fingerprint density at radius 2 is 2.05 bits per heavy atom. The third-order valence-electron chi connectivity index (χ3n) is 4.59. The molecule has 112 valence electrons. The molecule has 0 aromatic rings. The molecule has 3 nitrogen and oxygen atoms in total. The maximum atomic E-state index is 12.3. The number of nitrogens with one attached hydrogen (secondary N) is 1. The number of carbonyl (C=O) groups excluding carboxylic acids is 1. The molecule has 1 N–H and O–H groups in total. The summed E-state index contributed by atoms with van der Waals surface area (Å²) in [5, 5.41) is 3.33. The van der Waals surface area contributed by atoms with E-state index in [1.54, 1.807) is 6.08 Å². The molecule has 0 bridgehead atoms. The Bertz CT molecular complexity index is 413. The van der Waals surface area contributed by atoms with Gasteiger partial charge in [-0.15, -0.1) is 0 Å². The summed E-state index contributed by atoms with van der Waals surface area (Å²) in [4.78, 5) is 14.3. The maximum Gasteiger partial charge on any atom is 0.246 e. The first-order valence-electron chi connectivity index (χ1n) is 7.89. The first-order chi connectivity index (χ1) is 9.50. The van der Waals surface area contributed by atoms with Crippen LogP contribution in [0.3, 0.4) is 0 Å². The molecule has 20 heavy (non-hydrogen) atoms. The summed E-state index contributed by atoms with van der Waals surface area (Å²) in [6.07, 6.45) is 8.57. The van der Waals surface area contributed by atoms with E-state index in [1.165, 1.54) is 30.4 Å². The predicted molar refractivity (Wildman–Crippen MR) is 83.5 cm³/mol. The normalized spacial score (nSPS) is 24.1. The zero-order valence-electron chi connectivity index (χ0n) is 13.2. The number of rotatable bonds is 2. The molecule has 1 amide bonds. The molecular weight excluding hydrogens is 248 g/mol. The van der Waals surface area contributed by atoms with Crippen molar-refractivity contribution in [2.45, 2.75) is 46.5 Å². The van der Waals surface area contributed by atoms with E-state index < -0.39 is 0 Å². The first kappa shape index (κ1) is 15.3. The number of amides is 1. The summed E-state index contributed by atoms with van der Waals surface area (Å²) in [7, 11) is 0. The minimum Gasteiger partial charge on any atom is -0.338 e. The van der Waals surface area contributed by atoms with Gasteiger partial charge in [-0.05, 0) is 50.1 Å². The van der Waals surface area contributed by atoms with Gasteiger partial charge in [-0.3, -0.25) is 4.79 Å². The molecule has 0 radical (unpaired) electrons. The van der Waals surface area contributed by atoms with Crippen LogP contribution in [0.1, 0.15) is 46.5 Å². The van der Waals surface area contributed by atoms with E-state index in [9.17, 15) is 4.79 Å². The highest BCUT2D eigenvalue weighted by atomic mass is 16.2. The van der Waals surface area contributed by atoms with Crippen LogP contribution in [0, 0.1) is 5.41 Å². The monoisotopic (exact) mass is 276 g/mol. The Labute approximate surface area is 123 Å². The fraction of sp³-hybridized carbons (Fsp3) is 0.706. The summed E-state index contributed by atoms with van der Waals surface area (Å²) in [6.45, 7) is 10.4. The van der Waals surface area contributed by atoms with Crippen LogP contribution in [0.15, 0.2) is 23.3 Å². The molecule has 2 aliphatic rings. The Morgan fingerprint density at radius 3 is 2.80 bits per heavy atom. The lowest BCUT2D eigenvalue weighted by Crippen LogP contribution is -2.33. The van der Waals surface area contributed by atoms with Gasteiger partial charge in [0.2, 0.25) is 5.91 Å². The van der Waals surface area contributed by atoms with Gasteiger partial charge in [-0.2, -0.15) is 0 Å². The highest BCUT2D eigenvalue weighted by Gasteiger charge is 2.26. The second-order valence-electron chi connectivity index (χ2n) is 6.69. The average Bonchev–Trinajstić information content (AvgIpc) is 2.66. The number of allylic oxidation sites excluding steroid dienone is 3. The van der Waals surface area contributed by atoms with Crippen molar-refractivity contribution >= 4 is 5.91 Å². The molecule has 0 aromatic heterocycles. The highest BCUT2D eigenvalue weighted by Crippen LogP contribution is 2.40. The van der Waals surface area contributed by atoms with Crippen LogP contribution >= 0.6 is 0 Å². The van der Waals surface area contributed by atoms with Gasteiger partial charge in [0.25, 0.3) is 0 Å². The van der Waals surface area contributed by atoms with Gasteiger partial charge in [0.1, 0.15) is 0 Å². The topological polar surface area (TPSA) is 32.3 Å². The van der Waals surface area contributed by atoms with E-state index in [0.29, 0.717) is 0 Å². The van der Waals surface area contributed by atoms with Gasteiger partial charge >= 0.3 is 0 Å². The van der Waals surface area contributed by atoms with Crippen molar-refractivity contribution in [1.82, 2.24) is 10.2 Å².